The number of nitrogens with one attached hydrogen (secondary N) is 1. The van der Waals surface area contributed by atoms with Crippen LogP contribution in [-0.2, 0) is 21.4 Å². The van der Waals surface area contributed by atoms with Crippen LogP contribution in [0.2, 0.25) is 5.02 Å². The smallest absolute Gasteiger partial charge is 0.243 e. The summed E-state index contributed by atoms with van der Waals surface area (Å²) in [7, 11) is -2.35. The molecule has 0 aliphatic rings. The van der Waals surface area contributed by atoms with Gasteiger partial charge in [-0.1, -0.05) is 53.6 Å². The minimum atomic E-state index is -3.94. The maximum Gasteiger partial charge on any atom is 0.243 e. The molecule has 0 heterocycles. The van der Waals surface area contributed by atoms with Crippen molar-refractivity contribution in [3.8, 4) is 5.75 Å². The number of halogens is 1. The highest BCUT2D eigenvalue weighted by Crippen LogP contribution is 2.22. The van der Waals surface area contributed by atoms with Crippen molar-refractivity contribution in [1.29, 1.82) is 0 Å². The van der Waals surface area contributed by atoms with Crippen molar-refractivity contribution in [3.63, 3.8) is 0 Å². The number of ether oxygens (including phenoxy) is 1. The molecule has 0 radical (unpaired) electrons. The SMILES string of the molecule is COc1ccc([C@@H](C)NC(=O)CN(Cc2cccc(C)c2)S(=O)(=O)c2ccc(Cl)cc2)cc1. The Bertz CT molecular complexity index is 1200. The molecule has 0 saturated carbocycles. The van der Waals surface area contributed by atoms with Gasteiger partial charge in [-0.2, -0.15) is 4.31 Å². The highest BCUT2D eigenvalue weighted by atomic mass is 35.5. The average Bonchev–Trinajstić information content (AvgIpc) is 2.79. The lowest BCUT2D eigenvalue weighted by Crippen LogP contribution is -2.41. The number of carbonyl (C=O) groups is 1. The van der Waals surface area contributed by atoms with Gasteiger partial charge in [0.15, 0.2) is 0 Å². The van der Waals surface area contributed by atoms with Crippen molar-refractivity contribution in [2.75, 3.05) is 13.7 Å². The van der Waals surface area contributed by atoms with Crippen LogP contribution in [0.3, 0.4) is 0 Å². The van der Waals surface area contributed by atoms with E-state index >= 15 is 0 Å². The number of methoxy groups -OCH3 is 1. The standard InChI is InChI=1S/C25H27ClN2O4S/c1-18-5-4-6-20(15-18)16-28(33(30,31)24-13-9-22(26)10-14-24)17-25(29)27-19(2)21-7-11-23(32-3)12-8-21/h4-15,19H,16-17H2,1-3H3,(H,27,29)/t19-/m1/s1. The number of amides is 1. The third kappa shape index (κ3) is 6.57. The van der Waals surface area contributed by atoms with Crippen molar-refractivity contribution in [1.82, 2.24) is 9.62 Å². The largest absolute Gasteiger partial charge is 0.497 e. The van der Waals surface area contributed by atoms with Crippen LogP contribution < -0.4 is 10.1 Å². The minimum absolute atomic E-state index is 0.0664. The van der Waals surface area contributed by atoms with Crippen LogP contribution in [0.25, 0.3) is 0 Å². The first kappa shape index (κ1) is 24.8. The van der Waals surface area contributed by atoms with Gasteiger partial charge in [-0.3, -0.25) is 4.79 Å². The number of rotatable bonds is 9. The molecular formula is C25H27ClN2O4S. The van der Waals surface area contributed by atoms with E-state index in [1.807, 2.05) is 62.4 Å². The monoisotopic (exact) mass is 486 g/mol. The molecule has 8 heteroatoms. The summed E-state index contributed by atoms with van der Waals surface area (Å²) >= 11 is 5.93. The number of hydrogen-bond acceptors (Lipinski definition) is 4. The first-order valence-electron chi connectivity index (χ1n) is 10.4. The lowest BCUT2D eigenvalue weighted by atomic mass is 10.1. The molecule has 3 aromatic carbocycles. The van der Waals surface area contributed by atoms with Crippen LogP contribution in [0.4, 0.5) is 0 Å². The molecule has 1 atom stereocenters. The van der Waals surface area contributed by atoms with Crippen molar-refractivity contribution in [3.05, 3.63) is 94.5 Å². The van der Waals surface area contributed by atoms with Crippen LogP contribution in [0.1, 0.15) is 29.7 Å². The predicted octanol–water partition coefficient (Wildman–Crippen LogP) is 4.73. The van der Waals surface area contributed by atoms with Gasteiger partial charge in [-0.25, -0.2) is 8.42 Å². The van der Waals surface area contributed by atoms with E-state index in [2.05, 4.69) is 5.32 Å². The van der Waals surface area contributed by atoms with E-state index in [0.29, 0.717) is 5.02 Å². The maximum atomic E-state index is 13.4. The Hall–Kier alpha value is -2.87. The molecule has 3 rings (SSSR count). The quantitative estimate of drug-likeness (QED) is 0.474. The van der Waals surface area contributed by atoms with Crippen molar-refractivity contribution in [2.45, 2.75) is 31.3 Å². The molecule has 1 amide bonds. The zero-order chi connectivity index (χ0) is 24.0. The molecule has 0 saturated heterocycles. The lowest BCUT2D eigenvalue weighted by molar-refractivity contribution is -0.122. The number of sulfonamides is 1. The van der Waals surface area contributed by atoms with Crippen LogP contribution in [0, 0.1) is 6.92 Å². The van der Waals surface area contributed by atoms with E-state index in [1.54, 1.807) is 7.11 Å². The summed E-state index contributed by atoms with van der Waals surface area (Å²) in [6.07, 6.45) is 0. The van der Waals surface area contributed by atoms with Gasteiger partial charge in [0, 0.05) is 11.6 Å². The summed E-state index contributed by atoms with van der Waals surface area (Å²) in [6.45, 7) is 3.53. The zero-order valence-electron chi connectivity index (χ0n) is 18.8. The minimum Gasteiger partial charge on any atom is -0.497 e. The van der Waals surface area contributed by atoms with Crippen molar-refractivity contribution >= 4 is 27.5 Å². The average molecular weight is 487 g/mol. The first-order chi connectivity index (χ1) is 15.7. The van der Waals surface area contributed by atoms with Crippen molar-refractivity contribution < 1.29 is 17.9 Å². The summed E-state index contributed by atoms with van der Waals surface area (Å²) < 4.78 is 33.1. The van der Waals surface area contributed by atoms with Crippen LogP contribution in [0.15, 0.2) is 77.7 Å². The summed E-state index contributed by atoms with van der Waals surface area (Å²) in [4.78, 5) is 13.0. The van der Waals surface area contributed by atoms with Gasteiger partial charge in [0.25, 0.3) is 0 Å². The Morgan fingerprint density at radius 2 is 1.73 bits per heavy atom. The van der Waals surface area contributed by atoms with Gasteiger partial charge in [0.1, 0.15) is 5.75 Å². The Kier molecular flexibility index (Phi) is 8.13. The van der Waals surface area contributed by atoms with Crippen LogP contribution in [-0.4, -0.2) is 32.3 Å². The van der Waals surface area contributed by atoms with E-state index < -0.39 is 15.9 Å². The van der Waals surface area contributed by atoms with Gasteiger partial charge in [-0.15, -0.1) is 0 Å². The van der Waals surface area contributed by atoms with Gasteiger partial charge in [0.05, 0.1) is 24.6 Å². The van der Waals surface area contributed by atoms with E-state index in [4.69, 9.17) is 16.3 Å². The lowest BCUT2D eigenvalue weighted by Gasteiger charge is -2.23. The van der Waals surface area contributed by atoms with Gasteiger partial charge < -0.3 is 10.1 Å². The second-order valence-electron chi connectivity index (χ2n) is 7.78. The molecule has 0 aliphatic heterocycles. The fraction of sp³-hybridized carbons (Fsp3) is 0.240. The number of nitrogens with zero attached hydrogens (tertiary/aromatic N) is 1. The summed E-state index contributed by atoms with van der Waals surface area (Å²) in [5.41, 5.74) is 2.69. The van der Waals surface area contributed by atoms with Crippen molar-refractivity contribution in [2.24, 2.45) is 0 Å². The third-order valence-electron chi connectivity index (χ3n) is 5.21. The summed E-state index contributed by atoms with van der Waals surface area (Å²) in [5, 5.41) is 3.32. The van der Waals surface area contributed by atoms with E-state index in [0.717, 1.165) is 22.4 Å². The molecule has 0 aliphatic carbocycles. The van der Waals surface area contributed by atoms with Gasteiger partial charge >= 0.3 is 0 Å². The number of carbonyl (C=O) groups excluding carboxylic acids is 1. The van der Waals surface area contributed by atoms with E-state index in [9.17, 15) is 13.2 Å². The highest BCUT2D eigenvalue weighted by molar-refractivity contribution is 7.89. The zero-order valence-corrected chi connectivity index (χ0v) is 20.4. The van der Waals surface area contributed by atoms with E-state index in [-0.39, 0.29) is 24.0 Å². The molecular weight excluding hydrogens is 460 g/mol. The molecule has 0 fully saturated rings. The maximum absolute atomic E-state index is 13.4. The Morgan fingerprint density at radius 1 is 1.06 bits per heavy atom. The Morgan fingerprint density at radius 3 is 2.33 bits per heavy atom. The predicted molar refractivity (Wildman–Crippen MR) is 130 cm³/mol. The third-order valence-corrected chi connectivity index (χ3v) is 7.26. The molecule has 0 aromatic heterocycles. The first-order valence-corrected chi connectivity index (χ1v) is 12.3. The Labute approximate surface area is 200 Å². The molecule has 6 nitrogen and oxygen atoms in total. The molecule has 33 heavy (non-hydrogen) atoms. The number of hydrogen-bond donors (Lipinski definition) is 1. The fourth-order valence-electron chi connectivity index (χ4n) is 3.42. The van der Waals surface area contributed by atoms with Gasteiger partial charge in [0.2, 0.25) is 15.9 Å². The Balaban J connectivity index is 1.82. The van der Waals surface area contributed by atoms with Crippen LogP contribution >= 0.6 is 11.6 Å². The van der Waals surface area contributed by atoms with Crippen LogP contribution in [0.5, 0.6) is 5.75 Å². The highest BCUT2D eigenvalue weighted by Gasteiger charge is 2.27. The molecule has 0 unspecified atom stereocenters. The number of benzene rings is 3. The van der Waals surface area contributed by atoms with E-state index in [1.165, 1.54) is 28.6 Å². The molecule has 0 spiro atoms. The molecule has 3 aromatic rings. The number of aryl methyl sites for hydroxylation is 1. The normalized spacial score (nSPS) is 12.4. The fourth-order valence-corrected chi connectivity index (χ4v) is 4.93. The van der Waals surface area contributed by atoms with Gasteiger partial charge in [-0.05, 0) is 61.4 Å². The molecule has 174 valence electrons. The molecule has 1 N–H and O–H groups in total. The topological polar surface area (TPSA) is 75.7 Å². The second kappa shape index (κ2) is 10.8. The summed E-state index contributed by atoms with van der Waals surface area (Å²) in [6, 6.07) is 20.5. The summed E-state index contributed by atoms with van der Waals surface area (Å²) in [5.74, 6) is 0.319. The molecule has 0 bridgehead atoms. The second-order valence-corrected chi connectivity index (χ2v) is 10.2.